The van der Waals surface area contributed by atoms with Gasteiger partial charge in [-0.2, -0.15) is 18.1 Å². The van der Waals surface area contributed by atoms with E-state index in [9.17, 15) is 37.5 Å². The molecule has 0 heterocycles. The Labute approximate surface area is 196 Å². The molecule has 5 unspecified atom stereocenters. The molecule has 2 rings (SSSR count). The zero-order valence-electron chi connectivity index (χ0n) is 19.0. The van der Waals surface area contributed by atoms with Crippen molar-refractivity contribution in [3.63, 3.8) is 0 Å². The number of nitrogens with zero attached hydrogens (tertiary/aromatic N) is 1. The maximum absolute atomic E-state index is 13.6. The summed E-state index contributed by atoms with van der Waals surface area (Å²) >= 11 is 0. The summed E-state index contributed by atoms with van der Waals surface area (Å²) in [5.74, 6) is -2.16. The highest BCUT2D eigenvalue weighted by molar-refractivity contribution is 5.66. The molecule has 1 aliphatic carbocycles. The molecule has 1 aromatic rings. The lowest BCUT2D eigenvalue weighted by Gasteiger charge is -2.24. The topological polar surface area (TPSA) is 107 Å². The van der Waals surface area contributed by atoms with E-state index in [-0.39, 0.29) is 43.1 Å². The molecule has 3 N–H and O–H groups in total. The minimum atomic E-state index is -4.65. The van der Waals surface area contributed by atoms with Crippen molar-refractivity contribution in [2.45, 2.75) is 95.1 Å². The molecule has 5 atom stereocenters. The number of carbonyl (C=O) groups is 1. The number of aliphatic hydroxyl groups excluding tert-OH is 2. The lowest BCUT2D eigenvalue weighted by molar-refractivity contribution is -0.138. The molecular weight excluding hydrogens is 458 g/mol. The Morgan fingerprint density at radius 1 is 1.06 bits per heavy atom. The van der Waals surface area contributed by atoms with Gasteiger partial charge in [-0.1, -0.05) is 24.4 Å². The van der Waals surface area contributed by atoms with E-state index in [0.29, 0.717) is 31.7 Å². The summed E-state index contributed by atoms with van der Waals surface area (Å²) in [5.41, 5.74) is -0.918. The summed E-state index contributed by atoms with van der Waals surface area (Å²) in [5, 5.41) is 32.6. The molecule has 1 fully saturated rings. The minimum Gasteiger partial charge on any atom is -0.481 e. The van der Waals surface area contributed by atoms with Gasteiger partial charge in [0, 0.05) is 6.42 Å². The van der Waals surface area contributed by atoms with E-state index >= 15 is 0 Å². The molecule has 0 aliphatic heterocycles. The highest BCUT2D eigenvalue weighted by atomic mass is 19.4. The second kappa shape index (κ2) is 13.1. The van der Waals surface area contributed by atoms with Crippen LogP contribution in [0.1, 0.15) is 75.3 Å². The predicted octanol–water partition coefficient (Wildman–Crippen LogP) is 5.48. The first kappa shape index (κ1) is 28.2. The van der Waals surface area contributed by atoms with E-state index in [2.05, 4.69) is 5.18 Å². The highest BCUT2D eigenvalue weighted by Crippen LogP contribution is 2.41. The number of carboxylic acids is 1. The van der Waals surface area contributed by atoms with Crippen LogP contribution in [-0.4, -0.2) is 39.5 Å². The number of aryl methyl sites for hydroxylation is 1. The van der Waals surface area contributed by atoms with Gasteiger partial charge >= 0.3 is 12.1 Å². The van der Waals surface area contributed by atoms with Gasteiger partial charge in [-0.05, 0) is 80.5 Å². The van der Waals surface area contributed by atoms with Gasteiger partial charge in [0.05, 0.1) is 23.8 Å². The monoisotopic (exact) mass is 491 g/mol. The molecule has 0 bridgehead atoms. The van der Waals surface area contributed by atoms with Crippen LogP contribution in [0.25, 0.3) is 0 Å². The molecular formula is C24H33F4NO5. The van der Waals surface area contributed by atoms with Gasteiger partial charge in [-0.3, -0.25) is 4.79 Å². The van der Waals surface area contributed by atoms with Gasteiger partial charge in [-0.15, -0.1) is 0 Å². The predicted molar refractivity (Wildman–Crippen MR) is 117 cm³/mol. The third kappa shape index (κ3) is 8.94. The number of halogens is 4. The van der Waals surface area contributed by atoms with Crippen molar-refractivity contribution in [1.29, 1.82) is 0 Å². The van der Waals surface area contributed by atoms with Crippen LogP contribution in [0.3, 0.4) is 0 Å². The largest absolute Gasteiger partial charge is 0.481 e. The first-order valence-electron chi connectivity index (χ1n) is 11.8. The standard InChI is InChI=1S/C24H33F4NO5/c25-17-12-15(11-16(13-17)24(26,27)28)7-8-18(30)9-10-19-20(22(31)14-21(19)29-34)5-3-1-2-4-6-23(32)33/h11-13,18-22,30-31H,1-10,14H2,(H,32,33). The molecule has 1 aliphatic rings. The molecule has 1 saturated carbocycles. The third-order valence-corrected chi connectivity index (χ3v) is 6.72. The van der Waals surface area contributed by atoms with Crippen LogP contribution in [-0.2, 0) is 17.4 Å². The van der Waals surface area contributed by atoms with Crippen molar-refractivity contribution >= 4 is 5.97 Å². The normalized spacial score (nSPS) is 23.7. The Bertz CT molecular complexity index is 804. The van der Waals surface area contributed by atoms with Crippen molar-refractivity contribution in [1.82, 2.24) is 0 Å². The third-order valence-electron chi connectivity index (χ3n) is 6.72. The molecule has 0 saturated heterocycles. The molecule has 1 aromatic carbocycles. The van der Waals surface area contributed by atoms with Crippen LogP contribution >= 0.6 is 0 Å². The number of hydrogen-bond donors (Lipinski definition) is 3. The number of nitroso groups, excluding NO2 is 1. The number of unbranched alkanes of at least 4 members (excludes halogenated alkanes) is 3. The Hall–Kier alpha value is -2.07. The van der Waals surface area contributed by atoms with Gasteiger partial charge < -0.3 is 15.3 Å². The molecule has 0 spiro atoms. The molecule has 10 heteroatoms. The SMILES string of the molecule is O=NC1CC(O)C(CCCCCCC(=O)O)C1CCC(O)CCc1cc(F)cc(C(F)(F)F)c1. The smallest absolute Gasteiger partial charge is 0.416 e. The minimum absolute atomic E-state index is 0.0738. The van der Waals surface area contributed by atoms with E-state index < -0.39 is 41.8 Å². The first-order chi connectivity index (χ1) is 16.0. The molecule has 0 amide bonds. The molecule has 192 valence electrons. The lowest BCUT2D eigenvalue weighted by atomic mass is 9.84. The first-order valence-corrected chi connectivity index (χ1v) is 11.8. The number of carboxylic acid groups (broad SMARTS) is 1. The Kier molecular flexibility index (Phi) is 10.9. The van der Waals surface area contributed by atoms with Crippen LogP contribution in [0.2, 0.25) is 0 Å². The number of aliphatic hydroxyl groups is 2. The maximum Gasteiger partial charge on any atom is 0.416 e. The van der Waals surface area contributed by atoms with E-state index in [1.165, 1.54) is 0 Å². The van der Waals surface area contributed by atoms with E-state index in [0.717, 1.165) is 31.4 Å². The summed E-state index contributed by atoms with van der Waals surface area (Å²) in [6.07, 6.45) is -1.21. The fraction of sp³-hybridized carbons (Fsp3) is 0.708. The van der Waals surface area contributed by atoms with E-state index in [1.54, 1.807) is 0 Å². The van der Waals surface area contributed by atoms with Crippen molar-refractivity contribution in [2.75, 3.05) is 0 Å². The lowest BCUT2D eigenvalue weighted by Crippen LogP contribution is -2.23. The second-order valence-electron chi connectivity index (χ2n) is 9.27. The number of hydrogen-bond acceptors (Lipinski definition) is 5. The van der Waals surface area contributed by atoms with Crippen LogP contribution in [0.4, 0.5) is 17.6 Å². The van der Waals surface area contributed by atoms with Gasteiger partial charge in [-0.25, -0.2) is 4.39 Å². The fourth-order valence-electron chi connectivity index (χ4n) is 4.93. The van der Waals surface area contributed by atoms with Crippen LogP contribution in [0.15, 0.2) is 23.4 Å². The summed E-state index contributed by atoms with van der Waals surface area (Å²) in [4.78, 5) is 21.8. The van der Waals surface area contributed by atoms with Gasteiger partial charge in [0.15, 0.2) is 0 Å². The highest BCUT2D eigenvalue weighted by Gasteiger charge is 2.42. The van der Waals surface area contributed by atoms with Gasteiger partial charge in [0.2, 0.25) is 0 Å². The second-order valence-corrected chi connectivity index (χ2v) is 9.27. The quantitative estimate of drug-likeness (QED) is 0.182. The van der Waals surface area contributed by atoms with Crippen LogP contribution < -0.4 is 0 Å². The van der Waals surface area contributed by atoms with E-state index in [4.69, 9.17) is 5.11 Å². The van der Waals surface area contributed by atoms with Gasteiger partial charge in [0.25, 0.3) is 0 Å². The van der Waals surface area contributed by atoms with Crippen molar-refractivity contribution in [3.8, 4) is 0 Å². The fourth-order valence-corrected chi connectivity index (χ4v) is 4.93. The number of alkyl halides is 3. The summed E-state index contributed by atoms with van der Waals surface area (Å²) in [6, 6.07) is 1.78. The summed E-state index contributed by atoms with van der Waals surface area (Å²) in [7, 11) is 0. The molecule has 0 radical (unpaired) electrons. The zero-order valence-corrected chi connectivity index (χ0v) is 19.0. The average Bonchev–Trinajstić information content (AvgIpc) is 3.06. The van der Waals surface area contributed by atoms with Crippen LogP contribution in [0.5, 0.6) is 0 Å². The summed E-state index contributed by atoms with van der Waals surface area (Å²) in [6.45, 7) is 0. The van der Waals surface area contributed by atoms with Crippen molar-refractivity contribution < 1.29 is 37.7 Å². The van der Waals surface area contributed by atoms with Gasteiger partial charge in [0.1, 0.15) is 5.82 Å². The Morgan fingerprint density at radius 2 is 1.76 bits per heavy atom. The Morgan fingerprint density at radius 3 is 2.41 bits per heavy atom. The number of rotatable bonds is 14. The van der Waals surface area contributed by atoms with Crippen molar-refractivity contribution in [3.05, 3.63) is 40.1 Å². The van der Waals surface area contributed by atoms with Crippen molar-refractivity contribution in [2.24, 2.45) is 17.0 Å². The molecule has 0 aromatic heterocycles. The Balaban J connectivity index is 1.84. The zero-order chi connectivity index (χ0) is 25.3. The average molecular weight is 492 g/mol. The summed E-state index contributed by atoms with van der Waals surface area (Å²) < 4.78 is 52.1. The molecule has 34 heavy (non-hydrogen) atoms. The molecule has 6 nitrogen and oxygen atoms in total. The maximum atomic E-state index is 13.6. The number of aliphatic carboxylic acids is 1. The number of benzene rings is 1. The van der Waals surface area contributed by atoms with Crippen LogP contribution in [0, 0.1) is 22.6 Å². The van der Waals surface area contributed by atoms with E-state index in [1.807, 2.05) is 0 Å².